The average molecular weight is 298 g/mol. The van der Waals surface area contributed by atoms with Crippen molar-refractivity contribution in [3.8, 4) is 0 Å². The highest BCUT2D eigenvalue weighted by atomic mass is 16.8. The predicted molar refractivity (Wildman–Crippen MR) is 70.0 cm³/mol. The molecule has 2 aliphatic heterocycles. The lowest BCUT2D eigenvalue weighted by molar-refractivity contribution is -0.199. The number of aliphatic hydroxyl groups is 1. The van der Waals surface area contributed by atoms with Crippen LogP contribution in [0.1, 0.15) is 30.6 Å². The summed E-state index contributed by atoms with van der Waals surface area (Å²) in [5.41, 5.74) is 11.1. The van der Waals surface area contributed by atoms with Crippen molar-refractivity contribution in [3.05, 3.63) is 12.0 Å². The van der Waals surface area contributed by atoms with Crippen LogP contribution in [-0.4, -0.2) is 51.3 Å². The first kappa shape index (κ1) is 14.3. The third-order valence-electron chi connectivity index (χ3n) is 3.64. The summed E-state index contributed by atoms with van der Waals surface area (Å²) in [6, 6.07) is 0. The molecule has 2 fully saturated rings. The van der Waals surface area contributed by atoms with E-state index in [1.54, 1.807) is 13.8 Å². The topological polar surface area (TPSA) is 135 Å². The molecule has 3 heterocycles. The Morgan fingerprint density at radius 3 is 2.71 bits per heavy atom. The molecule has 0 aliphatic carbocycles. The third-order valence-corrected chi connectivity index (χ3v) is 3.64. The molecule has 1 aromatic rings. The van der Waals surface area contributed by atoms with Gasteiger partial charge < -0.3 is 30.8 Å². The van der Waals surface area contributed by atoms with Crippen molar-refractivity contribution in [3.63, 3.8) is 0 Å². The van der Waals surface area contributed by atoms with Gasteiger partial charge in [-0.2, -0.15) is 0 Å². The minimum absolute atomic E-state index is 0.0271. The van der Waals surface area contributed by atoms with Crippen molar-refractivity contribution < 1.29 is 24.1 Å². The van der Waals surface area contributed by atoms with Gasteiger partial charge in [-0.15, -0.1) is 0 Å². The van der Waals surface area contributed by atoms with Crippen LogP contribution in [0.15, 0.2) is 6.33 Å². The number of carbonyl (C=O) groups excluding carboxylic acids is 1. The van der Waals surface area contributed by atoms with Gasteiger partial charge in [0.25, 0.3) is 5.91 Å². The molecule has 0 unspecified atom stereocenters. The Balaban J connectivity index is 1.94. The summed E-state index contributed by atoms with van der Waals surface area (Å²) < 4.78 is 18.8. The molecular weight excluding hydrogens is 280 g/mol. The number of nitrogens with two attached hydrogens (primary N) is 2. The van der Waals surface area contributed by atoms with Crippen molar-refractivity contribution in [2.45, 2.75) is 44.2 Å². The average Bonchev–Trinajstić information content (AvgIpc) is 3.00. The van der Waals surface area contributed by atoms with Crippen LogP contribution in [-0.2, 0) is 14.2 Å². The van der Waals surface area contributed by atoms with E-state index in [1.807, 2.05) is 0 Å². The highest BCUT2D eigenvalue weighted by Gasteiger charge is 2.56. The van der Waals surface area contributed by atoms with E-state index in [0.29, 0.717) is 0 Å². The second kappa shape index (κ2) is 4.67. The lowest BCUT2D eigenvalue weighted by atomic mass is 10.1. The molecule has 0 bridgehead atoms. The molecule has 9 heteroatoms. The number of fused-ring (bicyclic) bond motifs is 1. The third kappa shape index (κ3) is 2.18. The molecule has 0 saturated carbocycles. The highest BCUT2D eigenvalue weighted by molar-refractivity contribution is 5.95. The van der Waals surface area contributed by atoms with Gasteiger partial charge in [0, 0.05) is 0 Å². The number of nitrogens with zero attached hydrogens (tertiary/aromatic N) is 2. The van der Waals surface area contributed by atoms with Gasteiger partial charge in [0.2, 0.25) is 0 Å². The van der Waals surface area contributed by atoms with Crippen molar-refractivity contribution in [1.29, 1.82) is 0 Å². The SMILES string of the molecule is CC1(C)O[C@@H]2[C@H](O1)[C@H](CO)O[C@@H]2n1cnc(C(N)=O)c1N. The number of nitrogen functional groups attached to an aromatic ring is 1. The quantitative estimate of drug-likeness (QED) is 0.649. The molecule has 2 saturated heterocycles. The molecule has 1 amide bonds. The number of primary amides is 1. The largest absolute Gasteiger partial charge is 0.394 e. The van der Waals surface area contributed by atoms with Crippen molar-refractivity contribution in [2.24, 2.45) is 5.73 Å². The van der Waals surface area contributed by atoms with E-state index in [9.17, 15) is 9.90 Å². The zero-order valence-electron chi connectivity index (χ0n) is 11.7. The standard InChI is InChI=1S/C12H18N4O5/c1-12(2)20-7-5(3-17)19-11(8(7)21-12)16-4-15-6(9(16)13)10(14)18/h4-5,7-8,11,17H,3,13H2,1-2H3,(H2,14,18)/t5-,7+,8+,11-/m0/s1. The van der Waals surface area contributed by atoms with Crippen molar-refractivity contribution >= 4 is 11.7 Å². The molecule has 9 nitrogen and oxygen atoms in total. The first-order chi connectivity index (χ1) is 9.84. The Bertz CT molecular complexity index is 572. The molecule has 0 spiro atoms. The van der Waals surface area contributed by atoms with Gasteiger partial charge in [0.15, 0.2) is 17.7 Å². The predicted octanol–water partition coefficient (Wildman–Crippen LogP) is -1.03. The van der Waals surface area contributed by atoms with E-state index >= 15 is 0 Å². The minimum Gasteiger partial charge on any atom is -0.394 e. The number of hydrogen-bond donors (Lipinski definition) is 3. The minimum atomic E-state index is -0.785. The number of carbonyl (C=O) groups is 1. The Labute approximate surface area is 120 Å². The molecule has 21 heavy (non-hydrogen) atoms. The Morgan fingerprint density at radius 2 is 2.14 bits per heavy atom. The molecule has 1 aromatic heterocycles. The van der Waals surface area contributed by atoms with Crippen molar-refractivity contribution in [1.82, 2.24) is 9.55 Å². The second-order valence-corrected chi connectivity index (χ2v) is 5.56. The van der Waals surface area contributed by atoms with Gasteiger partial charge in [0.05, 0.1) is 12.9 Å². The Morgan fingerprint density at radius 1 is 1.48 bits per heavy atom. The molecule has 0 radical (unpaired) electrons. The zero-order chi connectivity index (χ0) is 15.4. The maximum atomic E-state index is 11.2. The summed E-state index contributed by atoms with van der Waals surface area (Å²) in [5, 5.41) is 9.42. The first-order valence-electron chi connectivity index (χ1n) is 6.58. The molecule has 116 valence electrons. The molecule has 5 N–H and O–H groups in total. The molecular formula is C12H18N4O5. The number of anilines is 1. The van der Waals surface area contributed by atoms with E-state index in [4.69, 9.17) is 25.7 Å². The Kier molecular flexibility index (Phi) is 3.17. The molecule has 2 aliphatic rings. The number of ether oxygens (including phenoxy) is 3. The maximum Gasteiger partial charge on any atom is 0.271 e. The maximum absolute atomic E-state index is 11.2. The van der Waals surface area contributed by atoms with Gasteiger partial charge in [-0.05, 0) is 13.8 Å². The van der Waals surface area contributed by atoms with Gasteiger partial charge in [-0.1, -0.05) is 0 Å². The summed E-state index contributed by atoms with van der Waals surface area (Å²) in [5.74, 6) is -1.41. The summed E-state index contributed by atoms with van der Waals surface area (Å²) in [4.78, 5) is 15.1. The fourth-order valence-corrected chi connectivity index (χ4v) is 2.79. The van der Waals surface area contributed by atoms with Crippen molar-refractivity contribution in [2.75, 3.05) is 12.3 Å². The number of hydrogen-bond acceptors (Lipinski definition) is 7. The summed E-state index contributed by atoms with van der Waals surface area (Å²) in [6.45, 7) is 3.35. The van der Waals surface area contributed by atoms with Crippen LogP contribution in [0.25, 0.3) is 0 Å². The van der Waals surface area contributed by atoms with Gasteiger partial charge >= 0.3 is 0 Å². The summed E-state index contributed by atoms with van der Waals surface area (Å²) >= 11 is 0. The molecule has 3 rings (SSSR count). The first-order valence-corrected chi connectivity index (χ1v) is 6.58. The van der Waals surface area contributed by atoms with E-state index < -0.39 is 36.2 Å². The van der Waals surface area contributed by atoms with Gasteiger partial charge in [-0.3, -0.25) is 9.36 Å². The number of imidazole rings is 1. The smallest absolute Gasteiger partial charge is 0.271 e. The van der Waals surface area contributed by atoms with Crippen LogP contribution >= 0.6 is 0 Å². The fraction of sp³-hybridized carbons (Fsp3) is 0.667. The van der Waals surface area contributed by atoms with E-state index in [2.05, 4.69) is 4.98 Å². The lowest BCUT2D eigenvalue weighted by Crippen LogP contribution is -2.31. The fourth-order valence-electron chi connectivity index (χ4n) is 2.79. The second-order valence-electron chi connectivity index (χ2n) is 5.56. The monoisotopic (exact) mass is 298 g/mol. The van der Waals surface area contributed by atoms with E-state index in [-0.39, 0.29) is 18.1 Å². The highest BCUT2D eigenvalue weighted by Crippen LogP contribution is 2.43. The van der Waals surface area contributed by atoms with Gasteiger partial charge in [0.1, 0.15) is 24.1 Å². The number of rotatable bonds is 3. The lowest BCUT2D eigenvalue weighted by Gasteiger charge is -2.24. The molecule has 0 aromatic carbocycles. The van der Waals surface area contributed by atoms with E-state index in [0.717, 1.165) is 0 Å². The van der Waals surface area contributed by atoms with Crippen LogP contribution in [0, 0.1) is 0 Å². The van der Waals surface area contributed by atoms with Gasteiger partial charge in [-0.25, -0.2) is 4.98 Å². The van der Waals surface area contributed by atoms with Crippen LogP contribution in [0.5, 0.6) is 0 Å². The number of aliphatic hydroxyl groups excluding tert-OH is 1. The Hall–Kier alpha value is -1.68. The number of aromatic nitrogens is 2. The number of amides is 1. The van der Waals surface area contributed by atoms with Crippen LogP contribution in [0.3, 0.4) is 0 Å². The molecule has 4 atom stereocenters. The summed E-state index contributed by atoms with van der Waals surface area (Å²) in [7, 11) is 0. The normalized spacial score (nSPS) is 34.0. The van der Waals surface area contributed by atoms with Crippen LogP contribution in [0.4, 0.5) is 5.82 Å². The van der Waals surface area contributed by atoms with Crippen LogP contribution < -0.4 is 11.5 Å². The van der Waals surface area contributed by atoms with Crippen LogP contribution in [0.2, 0.25) is 0 Å². The zero-order valence-corrected chi connectivity index (χ0v) is 11.7. The summed E-state index contributed by atoms with van der Waals surface area (Å²) in [6.07, 6.45) is -0.704. The van der Waals surface area contributed by atoms with E-state index in [1.165, 1.54) is 10.9 Å².